The molecule has 0 saturated heterocycles. The minimum absolute atomic E-state index is 0.373. The van der Waals surface area contributed by atoms with Crippen molar-refractivity contribution in [1.82, 2.24) is 0 Å². The SMILES string of the molecule is CCCCCCCCCCCCCCCCO.CCCCCCCCCCCCCCCCO.CCCCCCCCCCCCCCCCO.OP(O)O. The fraction of sp³-hybridized carbons (Fsp3) is 1.00. The van der Waals surface area contributed by atoms with Gasteiger partial charge in [-0.3, -0.25) is 0 Å². The number of hydrogen-bond acceptors (Lipinski definition) is 6. The average molecular weight is 809 g/mol. The molecule has 0 aliphatic carbocycles. The van der Waals surface area contributed by atoms with Gasteiger partial charge in [-0.1, -0.05) is 271 Å². The lowest BCUT2D eigenvalue weighted by atomic mass is 10.0. The summed E-state index contributed by atoms with van der Waals surface area (Å²) in [5.41, 5.74) is 0. The topological polar surface area (TPSA) is 121 Å². The molecule has 0 spiro atoms. The molecular weight excluding hydrogens is 703 g/mol. The van der Waals surface area contributed by atoms with Gasteiger partial charge in [0.25, 0.3) is 0 Å². The first-order chi connectivity index (χ1) is 27.0. The van der Waals surface area contributed by atoms with E-state index in [2.05, 4.69) is 20.8 Å². The van der Waals surface area contributed by atoms with Crippen molar-refractivity contribution in [3.63, 3.8) is 0 Å². The molecule has 6 N–H and O–H groups in total. The van der Waals surface area contributed by atoms with Gasteiger partial charge in [0.15, 0.2) is 0 Å². The first-order valence-corrected chi connectivity index (χ1v) is 25.9. The summed E-state index contributed by atoms with van der Waals surface area (Å²) in [6.45, 7) is 7.95. The molecule has 0 atom stereocenters. The van der Waals surface area contributed by atoms with Gasteiger partial charge in [0.05, 0.1) is 0 Å². The number of rotatable bonds is 42. The van der Waals surface area contributed by atoms with Crippen LogP contribution in [0.4, 0.5) is 0 Å². The van der Waals surface area contributed by atoms with E-state index in [1.165, 1.54) is 250 Å². The molecule has 0 aromatic rings. The molecule has 338 valence electrons. The molecule has 0 heterocycles. The maximum Gasteiger partial charge on any atom is 0.324 e. The second kappa shape index (κ2) is 66.0. The van der Waals surface area contributed by atoms with Gasteiger partial charge in [0.1, 0.15) is 0 Å². The maximum absolute atomic E-state index is 8.64. The summed E-state index contributed by atoms with van der Waals surface area (Å²) in [6.07, 6.45) is 57.6. The van der Waals surface area contributed by atoms with Gasteiger partial charge in [-0.25, -0.2) is 0 Å². The Morgan fingerprint density at radius 2 is 0.291 bits per heavy atom. The Kier molecular flexibility index (Phi) is 74.2. The largest absolute Gasteiger partial charge is 0.396 e. The van der Waals surface area contributed by atoms with Crippen molar-refractivity contribution < 1.29 is 30.0 Å². The summed E-state index contributed by atoms with van der Waals surface area (Å²) in [7, 11) is -2.62. The predicted molar refractivity (Wildman–Crippen MR) is 246 cm³/mol. The normalized spacial score (nSPS) is 10.8. The van der Waals surface area contributed by atoms with Crippen LogP contribution in [0.1, 0.15) is 290 Å². The lowest BCUT2D eigenvalue weighted by Gasteiger charge is -2.02. The number of unbranched alkanes of at least 4 members (excludes halogenated alkanes) is 39. The number of aliphatic hydroxyl groups is 3. The molecule has 0 radical (unpaired) electrons. The number of hydrogen-bond donors (Lipinski definition) is 6. The van der Waals surface area contributed by atoms with Crippen LogP contribution >= 0.6 is 8.60 Å². The van der Waals surface area contributed by atoms with Gasteiger partial charge in [0, 0.05) is 19.8 Å². The molecule has 0 aromatic carbocycles. The molecule has 0 bridgehead atoms. The summed E-state index contributed by atoms with van der Waals surface area (Å²) in [6, 6.07) is 0. The van der Waals surface area contributed by atoms with Crippen molar-refractivity contribution in [3.05, 3.63) is 0 Å². The minimum Gasteiger partial charge on any atom is -0.396 e. The van der Waals surface area contributed by atoms with E-state index in [0.717, 1.165) is 19.3 Å². The van der Waals surface area contributed by atoms with E-state index < -0.39 is 8.60 Å². The first-order valence-electron chi connectivity index (χ1n) is 24.7. The van der Waals surface area contributed by atoms with Crippen LogP contribution in [0.5, 0.6) is 0 Å². The zero-order valence-electron chi connectivity index (χ0n) is 38.0. The van der Waals surface area contributed by atoms with Crippen LogP contribution in [-0.2, 0) is 0 Å². The van der Waals surface area contributed by atoms with E-state index in [9.17, 15) is 0 Å². The van der Waals surface area contributed by atoms with Crippen LogP contribution in [0.15, 0.2) is 0 Å². The average Bonchev–Trinajstić information content (AvgIpc) is 3.17. The molecule has 0 fully saturated rings. The van der Waals surface area contributed by atoms with E-state index >= 15 is 0 Å². The van der Waals surface area contributed by atoms with E-state index in [0.29, 0.717) is 19.8 Å². The van der Waals surface area contributed by atoms with Gasteiger partial charge in [-0.15, -0.1) is 0 Å². The first kappa shape index (κ1) is 61.8. The quantitative estimate of drug-likeness (QED) is 0.0270. The van der Waals surface area contributed by atoms with Crippen LogP contribution in [0.2, 0.25) is 0 Å². The highest BCUT2D eigenvalue weighted by Crippen LogP contribution is 2.15. The summed E-state index contributed by atoms with van der Waals surface area (Å²) in [5.74, 6) is 0. The third kappa shape index (κ3) is 82.9. The van der Waals surface area contributed by atoms with Gasteiger partial charge in [-0.05, 0) is 19.3 Å². The fourth-order valence-corrected chi connectivity index (χ4v) is 6.92. The molecule has 7 heteroatoms. The Hall–Kier alpha value is 0.190. The number of aliphatic hydroxyl groups excluding tert-OH is 3. The van der Waals surface area contributed by atoms with Crippen molar-refractivity contribution in [2.45, 2.75) is 290 Å². The second-order valence-corrected chi connectivity index (χ2v) is 16.8. The van der Waals surface area contributed by atoms with Crippen LogP contribution < -0.4 is 0 Å². The smallest absolute Gasteiger partial charge is 0.324 e. The van der Waals surface area contributed by atoms with E-state index in [1.807, 2.05) is 0 Å². The van der Waals surface area contributed by atoms with Gasteiger partial charge in [-0.2, -0.15) is 0 Å². The van der Waals surface area contributed by atoms with Crippen molar-refractivity contribution in [1.29, 1.82) is 0 Å². The highest BCUT2D eigenvalue weighted by atomic mass is 31.2. The summed E-state index contributed by atoms with van der Waals surface area (Å²) in [4.78, 5) is 21.7. The lowest BCUT2D eigenvalue weighted by molar-refractivity contribution is 0.282. The Morgan fingerprint density at radius 3 is 0.382 bits per heavy atom. The Balaban J connectivity index is -0.000000337. The Morgan fingerprint density at radius 1 is 0.200 bits per heavy atom. The standard InChI is InChI=1S/3C16H34O.H3O3P/c3*1-2-3-4-5-6-7-8-9-10-11-12-13-14-15-16-17;1-4(2)3/h3*17H,2-16H2,1H3;1-3H. The van der Waals surface area contributed by atoms with Crippen molar-refractivity contribution in [2.75, 3.05) is 19.8 Å². The molecule has 0 saturated carbocycles. The molecule has 55 heavy (non-hydrogen) atoms. The second-order valence-electron chi connectivity index (χ2n) is 16.2. The molecule has 0 aromatic heterocycles. The highest BCUT2D eigenvalue weighted by molar-refractivity contribution is 7.38. The summed E-state index contributed by atoms with van der Waals surface area (Å²) < 4.78 is 0. The van der Waals surface area contributed by atoms with Gasteiger partial charge >= 0.3 is 8.60 Å². The van der Waals surface area contributed by atoms with Crippen molar-refractivity contribution >= 4 is 8.60 Å². The molecule has 0 aliphatic rings. The van der Waals surface area contributed by atoms with Crippen LogP contribution in [-0.4, -0.2) is 49.8 Å². The van der Waals surface area contributed by atoms with Crippen molar-refractivity contribution in [2.24, 2.45) is 0 Å². The summed E-state index contributed by atoms with van der Waals surface area (Å²) in [5, 5.41) is 25.9. The van der Waals surface area contributed by atoms with Gasteiger partial charge in [0.2, 0.25) is 0 Å². The van der Waals surface area contributed by atoms with E-state index in [-0.39, 0.29) is 0 Å². The molecule has 0 aliphatic heterocycles. The maximum atomic E-state index is 8.64. The monoisotopic (exact) mass is 809 g/mol. The molecular formula is C48H105O6P. The summed E-state index contributed by atoms with van der Waals surface area (Å²) >= 11 is 0. The lowest BCUT2D eigenvalue weighted by Crippen LogP contribution is -1.84. The zero-order valence-corrected chi connectivity index (χ0v) is 38.8. The third-order valence-electron chi connectivity index (χ3n) is 10.5. The minimum atomic E-state index is -2.62. The molecule has 6 nitrogen and oxygen atoms in total. The third-order valence-corrected chi connectivity index (χ3v) is 10.5. The zero-order chi connectivity index (χ0) is 41.4. The van der Waals surface area contributed by atoms with E-state index in [4.69, 9.17) is 30.0 Å². The Bertz CT molecular complexity index is 452. The van der Waals surface area contributed by atoms with Crippen LogP contribution in [0, 0.1) is 0 Å². The molecule has 0 amide bonds. The highest BCUT2D eigenvalue weighted by Gasteiger charge is 1.96. The molecule has 0 rings (SSSR count). The van der Waals surface area contributed by atoms with E-state index in [1.54, 1.807) is 0 Å². The van der Waals surface area contributed by atoms with Crippen molar-refractivity contribution in [3.8, 4) is 0 Å². The van der Waals surface area contributed by atoms with Gasteiger partial charge < -0.3 is 30.0 Å². The van der Waals surface area contributed by atoms with Crippen LogP contribution in [0.25, 0.3) is 0 Å². The predicted octanol–water partition coefficient (Wildman–Crippen LogP) is 15.6. The Labute approximate surface area is 347 Å². The van der Waals surface area contributed by atoms with Crippen LogP contribution in [0.3, 0.4) is 0 Å². The fourth-order valence-electron chi connectivity index (χ4n) is 6.92. The molecule has 0 unspecified atom stereocenters.